The van der Waals surface area contributed by atoms with Crippen LogP contribution in [0.3, 0.4) is 0 Å². The molecule has 172 valence electrons. The second-order valence-corrected chi connectivity index (χ2v) is 7.58. The molecule has 33 heavy (non-hydrogen) atoms. The number of rotatable bonds is 13. The van der Waals surface area contributed by atoms with Crippen LogP contribution in [0.2, 0.25) is 0 Å². The number of benzene rings is 3. The number of nitrogens with one attached hydrogen (secondary N) is 1. The first-order chi connectivity index (χ1) is 16.0. The van der Waals surface area contributed by atoms with Gasteiger partial charge in [0.05, 0.1) is 6.42 Å². The Labute approximate surface area is 193 Å². The highest BCUT2D eigenvalue weighted by Crippen LogP contribution is 2.27. The zero-order valence-corrected chi connectivity index (χ0v) is 18.3. The summed E-state index contributed by atoms with van der Waals surface area (Å²) in [7, 11) is 0. The largest absolute Gasteiger partial charge is 0.489 e. The lowest BCUT2D eigenvalue weighted by atomic mass is 10.1. The van der Waals surface area contributed by atoms with Gasteiger partial charge in [-0.25, -0.2) is 0 Å². The maximum atomic E-state index is 11.3. The van der Waals surface area contributed by atoms with Crippen molar-refractivity contribution in [2.75, 3.05) is 6.54 Å². The molecule has 0 saturated heterocycles. The molecule has 0 unspecified atom stereocenters. The van der Waals surface area contributed by atoms with Crippen molar-refractivity contribution in [2.45, 2.75) is 32.1 Å². The second kappa shape index (κ2) is 12.3. The average Bonchev–Trinajstić information content (AvgIpc) is 2.82. The quantitative estimate of drug-likeness (QED) is 0.370. The number of hydrogen-bond donors (Lipinski definition) is 3. The fourth-order valence-electron chi connectivity index (χ4n) is 3.27. The van der Waals surface area contributed by atoms with Gasteiger partial charge in [-0.1, -0.05) is 66.7 Å². The molecule has 0 bridgehead atoms. The third kappa shape index (κ3) is 7.97. The molecule has 0 fully saturated rings. The summed E-state index contributed by atoms with van der Waals surface area (Å²) in [4.78, 5) is 22.4. The van der Waals surface area contributed by atoms with Crippen LogP contribution in [-0.4, -0.2) is 29.6 Å². The Kier molecular flexibility index (Phi) is 8.85. The van der Waals surface area contributed by atoms with Crippen molar-refractivity contribution in [1.82, 2.24) is 5.32 Å². The fourth-order valence-corrected chi connectivity index (χ4v) is 3.27. The van der Waals surface area contributed by atoms with Crippen molar-refractivity contribution < 1.29 is 24.2 Å². The Morgan fingerprint density at radius 3 is 2.06 bits per heavy atom. The molecule has 3 aromatic rings. The van der Waals surface area contributed by atoms with Gasteiger partial charge in [-0.05, 0) is 29.2 Å². The first kappa shape index (κ1) is 23.8. The number of hydrogen-bond acceptors (Lipinski definition) is 5. The van der Waals surface area contributed by atoms with Gasteiger partial charge in [0, 0.05) is 12.6 Å². The average molecular weight is 449 g/mol. The number of carboxylic acid groups (broad SMARTS) is 1. The van der Waals surface area contributed by atoms with Gasteiger partial charge in [0.15, 0.2) is 0 Å². The van der Waals surface area contributed by atoms with Crippen LogP contribution < -0.4 is 20.5 Å². The van der Waals surface area contributed by atoms with E-state index in [1.807, 2.05) is 78.9 Å². The predicted octanol–water partition coefficient (Wildman–Crippen LogP) is 3.31. The van der Waals surface area contributed by atoms with Crippen molar-refractivity contribution in [3.63, 3.8) is 0 Å². The zero-order valence-electron chi connectivity index (χ0n) is 18.3. The van der Waals surface area contributed by atoms with Gasteiger partial charge in [-0.15, -0.1) is 0 Å². The Morgan fingerprint density at radius 2 is 1.48 bits per heavy atom. The summed E-state index contributed by atoms with van der Waals surface area (Å²) >= 11 is 0. The van der Waals surface area contributed by atoms with Gasteiger partial charge >= 0.3 is 5.97 Å². The maximum absolute atomic E-state index is 11.3. The number of carboxylic acids is 1. The molecule has 3 rings (SSSR count). The van der Waals surface area contributed by atoms with Gasteiger partial charge in [0.25, 0.3) is 0 Å². The van der Waals surface area contributed by atoms with Crippen molar-refractivity contribution >= 4 is 11.9 Å². The lowest BCUT2D eigenvalue weighted by Gasteiger charge is -2.16. The molecule has 0 aromatic heterocycles. The summed E-state index contributed by atoms with van der Waals surface area (Å²) in [5, 5.41) is 12.1. The smallest absolute Gasteiger partial charge is 0.321 e. The van der Waals surface area contributed by atoms with Gasteiger partial charge in [0.2, 0.25) is 5.91 Å². The van der Waals surface area contributed by atoms with Crippen LogP contribution >= 0.6 is 0 Å². The SMILES string of the molecule is NC(=O)C[C@H](NCCc1ccc(OCc2ccccc2)cc1OCc1ccccc1)C(=O)O. The summed E-state index contributed by atoms with van der Waals surface area (Å²) in [6.07, 6.45) is 0.241. The summed E-state index contributed by atoms with van der Waals surface area (Å²) in [6, 6.07) is 24.3. The van der Waals surface area contributed by atoms with Gasteiger partial charge in [-0.2, -0.15) is 0 Å². The third-order valence-electron chi connectivity index (χ3n) is 5.01. The molecule has 7 nitrogen and oxygen atoms in total. The second-order valence-electron chi connectivity index (χ2n) is 7.58. The molecule has 3 aromatic carbocycles. The number of amides is 1. The van der Waals surface area contributed by atoms with Crippen LogP contribution in [0, 0.1) is 0 Å². The van der Waals surface area contributed by atoms with E-state index in [0.29, 0.717) is 37.7 Å². The molecule has 1 atom stereocenters. The molecule has 0 aliphatic heterocycles. The minimum atomic E-state index is -1.11. The molecule has 0 heterocycles. The van der Waals surface area contributed by atoms with Crippen LogP contribution in [0.1, 0.15) is 23.1 Å². The minimum absolute atomic E-state index is 0.265. The van der Waals surface area contributed by atoms with Crippen molar-refractivity contribution in [3.8, 4) is 11.5 Å². The lowest BCUT2D eigenvalue weighted by Crippen LogP contribution is -2.40. The first-order valence-electron chi connectivity index (χ1n) is 10.7. The van der Waals surface area contributed by atoms with Crippen LogP contribution in [-0.2, 0) is 29.2 Å². The fraction of sp³-hybridized carbons (Fsp3) is 0.231. The van der Waals surface area contributed by atoms with E-state index in [4.69, 9.17) is 15.2 Å². The van der Waals surface area contributed by atoms with E-state index in [9.17, 15) is 14.7 Å². The molecule has 1 amide bonds. The molecule has 4 N–H and O–H groups in total. The monoisotopic (exact) mass is 448 g/mol. The minimum Gasteiger partial charge on any atom is -0.489 e. The van der Waals surface area contributed by atoms with Crippen LogP contribution in [0.5, 0.6) is 11.5 Å². The van der Waals surface area contributed by atoms with E-state index < -0.39 is 17.9 Å². The molecule has 0 spiro atoms. The highest BCUT2D eigenvalue weighted by Gasteiger charge is 2.19. The predicted molar refractivity (Wildman–Crippen MR) is 125 cm³/mol. The number of carbonyl (C=O) groups excluding carboxylic acids is 1. The number of aliphatic carboxylic acids is 1. The van der Waals surface area contributed by atoms with Gasteiger partial charge in [0.1, 0.15) is 30.8 Å². The highest BCUT2D eigenvalue weighted by atomic mass is 16.5. The van der Waals surface area contributed by atoms with E-state index in [1.165, 1.54) is 0 Å². The Balaban J connectivity index is 1.68. The van der Waals surface area contributed by atoms with E-state index in [2.05, 4.69) is 5.32 Å². The van der Waals surface area contributed by atoms with Crippen LogP contribution in [0.25, 0.3) is 0 Å². The Bertz CT molecular complexity index is 1040. The highest BCUT2D eigenvalue weighted by molar-refractivity contribution is 5.83. The summed E-state index contributed by atoms with van der Waals surface area (Å²) in [6.45, 7) is 1.17. The summed E-state index contributed by atoms with van der Waals surface area (Å²) in [5.41, 5.74) is 8.13. The van der Waals surface area contributed by atoms with Crippen molar-refractivity contribution in [2.24, 2.45) is 5.73 Å². The van der Waals surface area contributed by atoms with E-state index in [0.717, 1.165) is 16.7 Å². The first-order valence-corrected chi connectivity index (χ1v) is 10.7. The van der Waals surface area contributed by atoms with Gasteiger partial charge in [-0.3, -0.25) is 9.59 Å². The number of primary amides is 1. The third-order valence-corrected chi connectivity index (χ3v) is 5.01. The number of nitrogens with two attached hydrogens (primary N) is 1. The van der Waals surface area contributed by atoms with E-state index >= 15 is 0 Å². The normalized spacial score (nSPS) is 11.5. The number of ether oxygens (including phenoxy) is 2. The molecular weight excluding hydrogens is 420 g/mol. The number of carbonyl (C=O) groups is 2. The topological polar surface area (TPSA) is 111 Å². The van der Waals surface area contributed by atoms with E-state index in [1.54, 1.807) is 0 Å². The van der Waals surface area contributed by atoms with Crippen LogP contribution in [0.15, 0.2) is 78.9 Å². The van der Waals surface area contributed by atoms with Gasteiger partial charge < -0.3 is 25.6 Å². The van der Waals surface area contributed by atoms with E-state index in [-0.39, 0.29) is 6.42 Å². The summed E-state index contributed by atoms with van der Waals surface area (Å²) in [5.74, 6) is -0.440. The maximum Gasteiger partial charge on any atom is 0.321 e. The molecule has 0 saturated carbocycles. The molecule has 0 radical (unpaired) electrons. The molecular formula is C26H28N2O5. The van der Waals surface area contributed by atoms with Crippen molar-refractivity contribution in [1.29, 1.82) is 0 Å². The summed E-state index contributed by atoms with van der Waals surface area (Å²) < 4.78 is 12.0. The van der Waals surface area contributed by atoms with Crippen LogP contribution in [0.4, 0.5) is 0 Å². The van der Waals surface area contributed by atoms with Crippen molar-refractivity contribution in [3.05, 3.63) is 95.6 Å². The molecule has 0 aliphatic carbocycles. The Morgan fingerprint density at radius 1 is 0.879 bits per heavy atom. The standard InChI is InChI=1S/C26H28N2O5/c27-25(29)16-23(26(30)31)28-14-13-21-11-12-22(32-17-19-7-3-1-4-8-19)15-24(21)33-18-20-9-5-2-6-10-20/h1-12,15,23,28H,13-14,16-18H2,(H2,27,29)(H,30,31)/t23-/m0/s1. The Hall–Kier alpha value is -3.84. The zero-order chi connectivity index (χ0) is 23.5. The molecule has 7 heteroatoms. The molecule has 0 aliphatic rings. The lowest BCUT2D eigenvalue weighted by molar-refractivity contribution is -0.141.